The van der Waals surface area contributed by atoms with Gasteiger partial charge in [-0.15, -0.1) is 0 Å². The summed E-state index contributed by atoms with van der Waals surface area (Å²) in [5, 5.41) is 11.5. The number of carbonyl (C=O) groups is 3. The molecule has 35 heavy (non-hydrogen) atoms. The van der Waals surface area contributed by atoms with E-state index in [-0.39, 0.29) is 24.2 Å². The lowest BCUT2D eigenvalue weighted by molar-refractivity contribution is -0.122. The lowest BCUT2D eigenvalue weighted by Gasteiger charge is -2.23. The van der Waals surface area contributed by atoms with Crippen LogP contribution >= 0.6 is 0 Å². The van der Waals surface area contributed by atoms with Gasteiger partial charge in [0.25, 0.3) is 11.8 Å². The van der Waals surface area contributed by atoms with Gasteiger partial charge in [-0.3, -0.25) is 19.6 Å². The van der Waals surface area contributed by atoms with Crippen molar-refractivity contribution in [1.82, 2.24) is 15.7 Å². The van der Waals surface area contributed by atoms with Crippen LogP contribution in [0.3, 0.4) is 0 Å². The summed E-state index contributed by atoms with van der Waals surface area (Å²) in [7, 11) is 3.76. The molecule has 3 N–H and O–H groups in total. The van der Waals surface area contributed by atoms with Gasteiger partial charge in [-0.2, -0.15) is 0 Å². The number of amides is 3. The van der Waals surface area contributed by atoms with Crippen molar-refractivity contribution in [2.45, 2.75) is 13.1 Å². The second kappa shape index (κ2) is 11.8. The lowest BCUT2D eigenvalue weighted by atomic mass is 10.1. The van der Waals surface area contributed by atoms with E-state index in [1.807, 2.05) is 49.3 Å². The van der Waals surface area contributed by atoms with Crippen molar-refractivity contribution >= 4 is 23.4 Å². The van der Waals surface area contributed by atoms with Crippen LogP contribution in [0.2, 0.25) is 0 Å². The highest BCUT2D eigenvalue weighted by Crippen LogP contribution is 2.18. The minimum absolute atomic E-state index is 0.0773. The molecule has 0 unspecified atom stereocenters. The molecular weight excluding hydrogens is 451 g/mol. The largest absolute Gasteiger partial charge is 0.378 e. The first-order valence-electron chi connectivity index (χ1n) is 10.9. The number of hydroxylamine groups is 1. The Bertz CT molecular complexity index is 1180. The summed E-state index contributed by atoms with van der Waals surface area (Å²) in [5.41, 5.74) is 3.64. The van der Waals surface area contributed by atoms with Gasteiger partial charge >= 0.3 is 0 Å². The molecule has 0 spiro atoms. The summed E-state index contributed by atoms with van der Waals surface area (Å²) in [6.07, 6.45) is 0. The second-order valence-electron chi connectivity index (χ2n) is 8.11. The predicted octanol–water partition coefficient (Wildman–Crippen LogP) is 2.97. The summed E-state index contributed by atoms with van der Waals surface area (Å²) >= 11 is 0. The zero-order valence-electron chi connectivity index (χ0n) is 19.5. The molecule has 8 nitrogen and oxygen atoms in total. The Morgan fingerprint density at radius 2 is 1.57 bits per heavy atom. The highest BCUT2D eigenvalue weighted by molar-refractivity contribution is 5.97. The smallest absolute Gasteiger partial charge is 0.274 e. The predicted molar refractivity (Wildman–Crippen MR) is 129 cm³/mol. The third-order valence-corrected chi connectivity index (χ3v) is 5.36. The van der Waals surface area contributed by atoms with Crippen molar-refractivity contribution < 1.29 is 24.0 Å². The maximum atomic E-state index is 14.7. The van der Waals surface area contributed by atoms with Crippen LogP contribution in [0, 0.1) is 5.82 Å². The molecule has 3 aromatic carbocycles. The first-order chi connectivity index (χ1) is 16.8. The number of rotatable bonds is 9. The first kappa shape index (κ1) is 25.4. The number of nitrogens with one attached hydrogen (secondary N) is 2. The minimum Gasteiger partial charge on any atom is -0.378 e. The summed E-state index contributed by atoms with van der Waals surface area (Å²) < 4.78 is 14.7. The number of hydrogen-bond donors (Lipinski definition) is 3. The lowest BCUT2D eigenvalue weighted by Crippen LogP contribution is -2.40. The van der Waals surface area contributed by atoms with Gasteiger partial charge in [0.1, 0.15) is 12.4 Å². The monoisotopic (exact) mass is 478 g/mol. The van der Waals surface area contributed by atoms with Crippen LogP contribution in [-0.4, -0.2) is 48.5 Å². The summed E-state index contributed by atoms with van der Waals surface area (Å²) in [6, 6.07) is 19.8. The van der Waals surface area contributed by atoms with Gasteiger partial charge < -0.3 is 15.1 Å². The molecule has 0 aromatic heterocycles. The van der Waals surface area contributed by atoms with Crippen LogP contribution < -0.4 is 15.7 Å². The quantitative estimate of drug-likeness (QED) is 0.324. The van der Waals surface area contributed by atoms with Crippen LogP contribution in [0.1, 0.15) is 31.8 Å². The molecule has 0 atom stereocenters. The molecule has 3 rings (SSSR count). The zero-order chi connectivity index (χ0) is 25.4. The van der Waals surface area contributed by atoms with Gasteiger partial charge in [0.2, 0.25) is 5.91 Å². The molecule has 0 bridgehead atoms. The van der Waals surface area contributed by atoms with Crippen LogP contribution in [0.5, 0.6) is 0 Å². The van der Waals surface area contributed by atoms with E-state index in [0.29, 0.717) is 12.1 Å². The van der Waals surface area contributed by atoms with E-state index < -0.39 is 23.5 Å². The van der Waals surface area contributed by atoms with Gasteiger partial charge in [0.15, 0.2) is 0 Å². The number of halogens is 1. The van der Waals surface area contributed by atoms with Crippen molar-refractivity contribution in [1.29, 1.82) is 0 Å². The summed E-state index contributed by atoms with van der Waals surface area (Å²) in [5.74, 6) is -2.44. The van der Waals surface area contributed by atoms with E-state index in [1.54, 1.807) is 24.3 Å². The number of carbonyl (C=O) groups excluding carboxylic acids is 3. The number of benzene rings is 3. The second-order valence-corrected chi connectivity index (χ2v) is 8.11. The molecule has 0 radical (unpaired) electrons. The molecule has 0 aliphatic heterocycles. The molecule has 0 saturated carbocycles. The standard InChI is InChI=1S/C26H27FN4O4/c1-30(2)22-12-10-19(11-13-22)26(34)31(17-24(32)28-15-18-6-4-3-5-7-18)16-21-9-8-20(14-23(21)27)25(33)29-35/h3-14,35H,15-17H2,1-2H3,(H,28,32)(H,29,33). The Hall–Kier alpha value is -4.24. The van der Waals surface area contributed by atoms with E-state index in [0.717, 1.165) is 17.3 Å². The van der Waals surface area contributed by atoms with E-state index in [4.69, 9.17) is 5.21 Å². The number of anilines is 1. The Morgan fingerprint density at radius 3 is 2.17 bits per heavy atom. The van der Waals surface area contributed by atoms with Crippen LogP contribution in [-0.2, 0) is 17.9 Å². The van der Waals surface area contributed by atoms with E-state index in [9.17, 15) is 18.8 Å². The fraction of sp³-hybridized carbons (Fsp3) is 0.192. The minimum atomic E-state index is -0.857. The maximum Gasteiger partial charge on any atom is 0.274 e. The highest BCUT2D eigenvalue weighted by Gasteiger charge is 2.21. The van der Waals surface area contributed by atoms with Crippen LogP contribution in [0.15, 0.2) is 72.8 Å². The van der Waals surface area contributed by atoms with E-state index in [1.165, 1.54) is 22.5 Å². The zero-order valence-corrected chi connectivity index (χ0v) is 19.5. The molecule has 0 aliphatic rings. The average Bonchev–Trinajstić information content (AvgIpc) is 2.87. The maximum absolute atomic E-state index is 14.7. The van der Waals surface area contributed by atoms with Gasteiger partial charge in [-0.1, -0.05) is 36.4 Å². The molecule has 0 fully saturated rings. The van der Waals surface area contributed by atoms with Gasteiger partial charge in [-0.05, 0) is 42.0 Å². The van der Waals surface area contributed by atoms with E-state index in [2.05, 4.69) is 5.32 Å². The Morgan fingerprint density at radius 1 is 0.914 bits per heavy atom. The molecule has 0 heterocycles. The van der Waals surface area contributed by atoms with Crippen molar-refractivity contribution in [3.63, 3.8) is 0 Å². The molecule has 182 valence electrons. The first-order valence-corrected chi connectivity index (χ1v) is 10.9. The average molecular weight is 479 g/mol. The van der Waals surface area contributed by atoms with E-state index >= 15 is 0 Å². The number of hydrogen-bond acceptors (Lipinski definition) is 5. The summed E-state index contributed by atoms with van der Waals surface area (Å²) in [4.78, 5) is 40.7. The van der Waals surface area contributed by atoms with Crippen LogP contribution in [0.4, 0.5) is 10.1 Å². The van der Waals surface area contributed by atoms with Gasteiger partial charge in [-0.25, -0.2) is 9.87 Å². The number of nitrogens with zero attached hydrogens (tertiary/aromatic N) is 2. The molecule has 0 saturated heterocycles. The molecule has 3 amide bonds. The normalized spacial score (nSPS) is 10.4. The molecule has 9 heteroatoms. The van der Waals surface area contributed by atoms with Crippen molar-refractivity contribution in [3.8, 4) is 0 Å². The molecular formula is C26H27FN4O4. The summed E-state index contributed by atoms with van der Waals surface area (Å²) in [6.45, 7) is -0.197. The molecule has 3 aromatic rings. The van der Waals surface area contributed by atoms with Gasteiger partial charge in [0, 0.05) is 49.6 Å². The fourth-order valence-electron chi connectivity index (χ4n) is 3.40. The Labute approximate surface area is 202 Å². The topological polar surface area (TPSA) is 102 Å². The third-order valence-electron chi connectivity index (χ3n) is 5.36. The SMILES string of the molecule is CN(C)c1ccc(C(=O)N(CC(=O)NCc2ccccc2)Cc2ccc(C(=O)NO)cc2F)cc1. The highest BCUT2D eigenvalue weighted by atomic mass is 19.1. The van der Waals surface area contributed by atoms with Crippen molar-refractivity contribution in [2.75, 3.05) is 25.5 Å². The van der Waals surface area contributed by atoms with Crippen molar-refractivity contribution in [3.05, 3.63) is 101 Å². The third kappa shape index (κ3) is 6.87. The fourth-order valence-corrected chi connectivity index (χ4v) is 3.40. The Kier molecular flexibility index (Phi) is 8.53. The Balaban J connectivity index is 1.81. The molecule has 0 aliphatic carbocycles. The van der Waals surface area contributed by atoms with Crippen LogP contribution in [0.25, 0.3) is 0 Å². The van der Waals surface area contributed by atoms with Crippen molar-refractivity contribution in [2.24, 2.45) is 0 Å². The van der Waals surface area contributed by atoms with Gasteiger partial charge in [0.05, 0.1) is 0 Å².